The van der Waals surface area contributed by atoms with Gasteiger partial charge in [-0.3, -0.25) is 4.79 Å². The van der Waals surface area contributed by atoms with E-state index < -0.39 is 0 Å². The average molecular weight is 362 g/mol. The smallest absolute Gasteiger partial charge is 0.185 e. The zero-order valence-corrected chi connectivity index (χ0v) is 16.4. The predicted molar refractivity (Wildman–Crippen MR) is 110 cm³/mol. The van der Waals surface area contributed by atoms with E-state index in [-0.39, 0.29) is 5.78 Å². The monoisotopic (exact) mass is 362 g/mol. The van der Waals surface area contributed by atoms with E-state index in [1.54, 1.807) is 0 Å². The number of rotatable bonds is 2. The third-order valence-electron chi connectivity index (χ3n) is 5.18. The maximum absolute atomic E-state index is 13.0. The zero-order valence-electron chi connectivity index (χ0n) is 16.4. The number of aryl methyl sites for hydroxylation is 4. The molecule has 1 fully saturated rings. The molecule has 0 atom stereocenters. The van der Waals surface area contributed by atoms with Crippen LogP contribution in [0.15, 0.2) is 35.4 Å². The lowest BCUT2D eigenvalue weighted by molar-refractivity contribution is -0.112. The Balaban J connectivity index is 1.94. The summed E-state index contributed by atoms with van der Waals surface area (Å²) < 4.78 is 0. The van der Waals surface area contributed by atoms with Crippen LogP contribution in [-0.2, 0) is 4.79 Å². The van der Waals surface area contributed by atoms with Crippen molar-refractivity contribution in [2.45, 2.75) is 47.0 Å². The van der Waals surface area contributed by atoms with Crippen LogP contribution < -0.4 is 0 Å². The number of aromatic hydroxyl groups is 2. The van der Waals surface area contributed by atoms with E-state index in [1.807, 2.05) is 64.1 Å². The average Bonchev–Trinajstić information content (AvgIpc) is 2.61. The molecule has 1 saturated carbocycles. The second-order valence-electron chi connectivity index (χ2n) is 7.53. The summed E-state index contributed by atoms with van der Waals surface area (Å²) in [5.74, 6) is 0.713. The van der Waals surface area contributed by atoms with Crippen LogP contribution >= 0.6 is 0 Å². The molecule has 3 nitrogen and oxygen atoms in total. The molecule has 140 valence electrons. The molecule has 3 heteroatoms. The fourth-order valence-electron chi connectivity index (χ4n) is 3.73. The molecule has 0 aromatic heterocycles. The normalized spacial score (nSPS) is 17.7. The molecule has 0 spiro atoms. The van der Waals surface area contributed by atoms with Gasteiger partial charge in [0.05, 0.1) is 0 Å². The highest BCUT2D eigenvalue weighted by Gasteiger charge is 2.21. The molecule has 0 bridgehead atoms. The third-order valence-corrected chi connectivity index (χ3v) is 5.18. The first-order valence-corrected chi connectivity index (χ1v) is 9.32. The number of hydrogen-bond donors (Lipinski definition) is 2. The maximum atomic E-state index is 13.0. The SMILES string of the molecule is Cc1cc(/C=C2/CCC/C(=C\c3cc(C)c(O)c(C)c3)C2=O)cc(C)c1O. The summed E-state index contributed by atoms with van der Waals surface area (Å²) in [5, 5.41) is 19.9. The molecule has 0 heterocycles. The molecule has 0 amide bonds. The van der Waals surface area contributed by atoms with Gasteiger partial charge in [0.2, 0.25) is 0 Å². The zero-order chi connectivity index (χ0) is 19.7. The molecule has 2 N–H and O–H groups in total. The number of phenols is 2. The second kappa shape index (κ2) is 7.43. The highest BCUT2D eigenvalue weighted by atomic mass is 16.3. The summed E-state index contributed by atoms with van der Waals surface area (Å²) in [7, 11) is 0. The van der Waals surface area contributed by atoms with Crippen molar-refractivity contribution in [1.82, 2.24) is 0 Å². The van der Waals surface area contributed by atoms with E-state index in [1.165, 1.54) is 0 Å². The Morgan fingerprint density at radius 2 is 1.04 bits per heavy atom. The molecule has 0 unspecified atom stereocenters. The van der Waals surface area contributed by atoms with Gasteiger partial charge in [-0.15, -0.1) is 0 Å². The summed E-state index contributed by atoms with van der Waals surface area (Å²) in [6, 6.07) is 7.64. The molecule has 2 aromatic carbocycles. The van der Waals surface area contributed by atoms with Crippen molar-refractivity contribution in [3.8, 4) is 11.5 Å². The Bertz CT molecular complexity index is 854. The molecule has 1 aliphatic carbocycles. The minimum absolute atomic E-state index is 0.0908. The largest absolute Gasteiger partial charge is 0.507 e. The number of carbonyl (C=O) groups is 1. The van der Waals surface area contributed by atoms with Crippen molar-refractivity contribution in [2.75, 3.05) is 0 Å². The molecular weight excluding hydrogens is 336 g/mol. The standard InChI is InChI=1S/C24H26O3/c1-14-8-18(9-15(2)22(14)25)12-20-6-5-7-21(24(20)27)13-19-10-16(3)23(26)17(4)11-19/h8-13,25-26H,5-7H2,1-4H3/b20-12-,21-13+. The van der Waals surface area contributed by atoms with Crippen LogP contribution in [0.25, 0.3) is 12.2 Å². The fraction of sp³-hybridized carbons (Fsp3) is 0.292. The van der Waals surface area contributed by atoms with E-state index in [0.717, 1.165) is 63.8 Å². The number of Topliss-reactive ketones (excluding diaryl/α,β-unsaturated/α-hetero) is 1. The van der Waals surface area contributed by atoms with Crippen LogP contribution in [-0.4, -0.2) is 16.0 Å². The van der Waals surface area contributed by atoms with Crippen molar-refractivity contribution in [2.24, 2.45) is 0 Å². The number of allylic oxidation sites excluding steroid dienone is 2. The Kier molecular flexibility index (Phi) is 5.22. The summed E-state index contributed by atoms with van der Waals surface area (Å²) in [6.07, 6.45) is 6.37. The first-order valence-electron chi connectivity index (χ1n) is 9.32. The van der Waals surface area contributed by atoms with Crippen molar-refractivity contribution in [1.29, 1.82) is 0 Å². The fourth-order valence-corrected chi connectivity index (χ4v) is 3.73. The van der Waals surface area contributed by atoms with Gasteiger partial charge in [-0.05, 0) is 117 Å². The molecule has 27 heavy (non-hydrogen) atoms. The Hall–Kier alpha value is -2.81. The van der Waals surface area contributed by atoms with Crippen LogP contribution in [0, 0.1) is 27.7 Å². The molecule has 0 aliphatic heterocycles. The quantitative estimate of drug-likeness (QED) is 0.689. The summed E-state index contributed by atoms with van der Waals surface area (Å²) >= 11 is 0. The van der Waals surface area contributed by atoms with Crippen LogP contribution in [0.3, 0.4) is 0 Å². The molecule has 2 aromatic rings. The van der Waals surface area contributed by atoms with E-state index in [9.17, 15) is 15.0 Å². The first kappa shape index (κ1) is 19.0. The van der Waals surface area contributed by atoms with Crippen molar-refractivity contribution in [3.05, 3.63) is 68.8 Å². The maximum Gasteiger partial charge on any atom is 0.185 e. The highest BCUT2D eigenvalue weighted by molar-refractivity contribution is 6.14. The minimum Gasteiger partial charge on any atom is -0.507 e. The van der Waals surface area contributed by atoms with E-state index in [4.69, 9.17) is 0 Å². The number of benzene rings is 2. The Morgan fingerprint density at radius 3 is 1.37 bits per heavy atom. The second-order valence-corrected chi connectivity index (χ2v) is 7.53. The molecular formula is C24H26O3. The van der Waals surface area contributed by atoms with Gasteiger partial charge in [-0.1, -0.05) is 0 Å². The van der Waals surface area contributed by atoms with Crippen molar-refractivity contribution < 1.29 is 15.0 Å². The van der Waals surface area contributed by atoms with E-state index >= 15 is 0 Å². The van der Waals surface area contributed by atoms with Gasteiger partial charge in [-0.2, -0.15) is 0 Å². The highest BCUT2D eigenvalue weighted by Crippen LogP contribution is 2.31. The topological polar surface area (TPSA) is 57.5 Å². The summed E-state index contributed by atoms with van der Waals surface area (Å²) in [6.45, 7) is 7.48. The van der Waals surface area contributed by atoms with Crippen LogP contribution in [0.5, 0.6) is 11.5 Å². The van der Waals surface area contributed by atoms with Gasteiger partial charge in [0.1, 0.15) is 11.5 Å². The van der Waals surface area contributed by atoms with Gasteiger partial charge < -0.3 is 10.2 Å². The molecule has 3 rings (SSSR count). The number of carbonyl (C=O) groups excluding carboxylic acids is 1. The summed E-state index contributed by atoms with van der Waals surface area (Å²) in [4.78, 5) is 13.0. The van der Waals surface area contributed by atoms with Crippen LogP contribution in [0.4, 0.5) is 0 Å². The minimum atomic E-state index is 0.0908. The van der Waals surface area contributed by atoms with Crippen molar-refractivity contribution in [3.63, 3.8) is 0 Å². The van der Waals surface area contributed by atoms with Gasteiger partial charge in [0.15, 0.2) is 5.78 Å². The number of ketones is 1. The van der Waals surface area contributed by atoms with Gasteiger partial charge in [0, 0.05) is 11.1 Å². The van der Waals surface area contributed by atoms with Crippen molar-refractivity contribution >= 4 is 17.9 Å². The molecule has 1 aliphatic rings. The number of phenolic OH excluding ortho intramolecular Hbond substituents is 2. The number of hydrogen-bond acceptors (Lipinski definition) is 3. The van der Waals surface area contributed by atoms with Gasteiger partial charge in [0.25, 0.3) is 0 Å². The third kappa shape index (κ3) is 3.97. The lowest BCUT2D eigenvalue weighted by atomic mass is 9.86. The lowest BCUT2D eigenvalue weighted by Gasteiger charge is -2.17. The van der Waals surface area contributed by atoms with E-state index in [2.05, 4.69) is 0 Å². The molecule has 0 radical (unpaired) electrons. The van der Waals surface area contributed by atoms with Crippen LogP contribution in [0.2, 0.25) is 0 Å². The molecule has 0 saturated heterocycles. The predicted octanol–water partition coefficient (Wildman–Crippen LogP) is 5.55. The Labute approximate surface area is 160 Å². The first-order chi connectivity index (χ1) is 12.8. The van der Waals surface area contributed by atoms with Gasteiger partial charge >= 0.3 is 0 Å². The van der Waals surface area contributed by atoms with Crippen LogP contribution in [0.1, 0.15) is 52.6 Å². The Morgan fingerprint density at radius 1 is 0.704 bits per heavy atom. The van der Waals surface area contributed by atoms with E-state index in [0.29, 0.717) is 11.5 Å². The van der Waals surface area contributed by atoms with Gasteiger partial charge in [-0.25, -0.2) is 0 Å². The summed E-state index contributed by atoms with van der Waals surface area (Å²) in [5.41, 5.74) is 6.78. The lowest BCUT2D eigenvalue weighted by Crippen LogP contribution is -2.12.